The fourth-order valence-corrected chi connectivity index (χ4v) is 4.52. The number of hydrogen-bond acceptors (Lipinski definition) is 4. The van der Waals surface area contributed by atoms with Crippen LogP contribution < -0.4 is 15.6 Å². The standard InChI is InChI=1S/C30H24F2N2O4/c31-25-11-8-19(13-26(25)32)17-34-12-4-7-24(30(34)37)28(35)14-22(20-5-2-1-3-6-20)18-38-23-10-9-21-15-29(36)33-27(21)16-23/h1-13,16,22H,14-15,17-18H2,(H,33,36)/t22-/m0/s1. The molecule has 38 heavy (non-hydrogen) atoms. The summed E-state index contributed by atoms with van der Waals surface area (Å²) in [6, 6.07) is 21.3. The van der Waals surface area contributed by atoms with Crippen molar-refractivity contribution in [3.8, 4) is 5.75 Å². The number of hydrogen-bond donors (Lipinski definition) is 1. The van der Waals surface area contributed by atoms with Gasteiger partial charge in [0.05, 0.1) is 25.1 Å². The number of anilines is 1. The lowest BCUT2D eigenvalue weighted by molar-refractivity contribution is -0.115. The van der Waals surface area contributed by atoms with Crippen molar-refractivity contribution in [2.75, 3.05) is 11.9 Å². The van der Waals surface area contributed by atoms with Gasteiger partial charge in [0.25, 0.3) is 5.56 Å². The van der Waals surface area contributed by atoms with Crippen molar-refractivity contribution in [1.82, 2.24) is 4.57 Å². The summed E-state index contributed by atoms with van der Waals surface area (Å²) in [6.07, 6.45) is 1.86. The first-order valence-electron chi connectivity index (χ1n) is 12.1. The first kappa shape index (κ1) is 25.1. The summed E-state index contributed by atoms with van der Waals surface area (Å²) < 4.78 is 34.2. The maximum absolute atomic E-state index is 13.6. The van der Waals surface area contributed by atoms with Gasteiger partial charge in [0, 0.05) is 30.3 Å². The molecule has 3 aromatic carbocycles. The Morgan fingerprint density at radius 1 is 0.947 bits per heavy atom. The third-order valence-electron chi connectivity index (χ3n) is 6.52. The zero-order valence-corrected chi connectivity index (χ0v) is 20.3. The summed E-state index contributed by atoms with van der Waals surface area (Å²) >= 11 is 0. The van der Waals surface area contributed by atoms with Gasteiger partial charge in [0.15, 0.2) is 17.4 Å². The van der Waals surface area contributed by atoms with Crippen LogP contribution >= 0.6 is 0 Å². The molecule has 1 amide bonds. The normalized spacial score (nSPS) is 13.1. The number of pyridine rings is 1. The highest BCUT2D eigenvalue weighted by molar-refractivity contribution is 5.99. The Balaban J connectivity index is 1.34. The van der Waals surface area contributed by atoms with Gasteiger partial charge in [-0.25, -0.2) is 8.78 Å². The average molecular weight is 515 g/mol. The summed E-state index contributed by atoms with van der Waals surface area (Å²) in [6.45, 7) is 0.176. The number of nitrogens with one attached hydrogen (secondary N) is 1. The maximum Gasteiger partial charge on any atom is 0.261 e. The predicted octanol–water partition coefficient (Wildman–Crippen LogP) is 5.11. The lowest BCUT2D eigenvalue weighted by atomic mass is 9.92. The number of ketones is 1. The van der Waals surface area contributed by atoms with Crippen LogP contribution in [0.2, 0.25) is 0 Å². The van der Waals surface area contributed by atoms with Crippen LogP contribution in [0.5, 0.6) is 5.75 Å². The van der Waals surface area contributed by atoms with Crippen LogP contribution in [-0.2, 0) is 17.8 Å². The molecule has 0 unspecified atom stereocenters. The second-order valence-corrected chi connectivity index (χ2v) is 9.19. The molecule has 1 aromatic heterocycles. The molecule has 5 rings (SSSR count). The van der Waals surface area contributed by atoms with E-state index < -0.39 is 17.2 Å². The Bertz CT molecular complexity index is 1570. The number of aromatic nitrogens is 1. The van der Waals surface area contributed by atoms with Gasteiger partial charge in [-0.1, -0.05) is 42.5 Å². The molecular formula is C30H24F2N2O4. The molecule has 1 aliphatic heterocycles. The van der Waals surface area contributed by atoms with E-state index in [0.717, 1.165) is 23.3 Å². The SMILES string of the molecule is O=C1Cc2ccc(OC[C@H](CC(=O)c3cccn(Cc4ccc(F)c(F)c4)c3=O)c3ccccc3)cc2N1. The van der Waals surface area contributed by atoms with Crippen molar-refractivity contribution in [3.05, 3.63) is 129 Å². The number of nitrogens with zero attached hydrogens (tertiary/aromatic N) is 1. The fraction of sp³-hybridized carbons (Fsp3) is 0.167. The van der Waals surface area contributed by atoms with Crippen LogP contribution in [0.4, 0.5) is 14.5 Å². The topological polar surface area (TPSA) is 77.4 Å². The highest BCUT2D eigenvalue weighted by Crippen LogP contribution is 2.29. The first-order chi connectivity index (χ1) is 18.4. The quantitative estimate of drug-likeness (QED) is 0.315. The van der Waals surface area contributed by atoms with Gasteiger partial charge in [0.1, 0.15) is 5.75 Å². The van der Waals surface area contributed by atoms with Gasteiger partial charge in [-0.15, -0.1) is 0 Å². The zero-order chi connectivity index (χ0) is 26.6. The Hall–Kier alpha value is -4.59. The van der Waals surface area contributed by atoms with Crippen molar-refractivity contribution in [1.29, 1.82) is 0 Å². The molecule has 1 atom stereocenters. The Labute approximate surface area is 217 Å². The number of fused-ring (bicyclic) bond motifs is 1. The van der Waals surface area contributed by atoms with Gasteiger partial charge in [0.2, 0.25) is 5.91 Å². The number of carbonyl (C=O) groups excluding carboxylic acids is 2. The Morgan fingerprint density at radius 2 is 1.76 bits per heavy atom. The molecule has 8 heteroatoms. The van der Waals surface area contributed by atoms with Gasteiger partial charge in [-0.3, -0.25) is 14.4 Å². The zero-order valence-electron chi connectivity index (χ0n) is 20.3. The molecule has 0 bridgehead atoms. The van der Waals surface area contributed by atoms with Crippen molar-refractivity contribution in [2.45, 2.75) is 25.3 Å². The number of ether oxygens (including phenoxy) is 1. The second-order valence-electron chi connectivity index (χ2n) is 9.19. The number of carbonyl (C=O) groups is 2. The summed E-state index contributed by atoms with van der Waals surface area (Å²) in [5.41, 5.74) is 2.40. The third-order valence-corrected chi connectivity index (χ3v) is 6.52. The van der Waals surface area contributed by atoms with E-state index in [4.69, 9.17) is 4.74 Å². The number of halogens is 2. The van der Waals surface area contributed by atoms with E-state index in [1.54, 1.807) is 18.2 Å². The van der Waals surface area contributed by atoms with E-state index in [-0.39, 0.29) is 42.7 Å². The van der Waals surface area contributed by atoms with Crippen molar-refractivity contribution in [2.24, 2.45) is 0 Å². The molecule has 2 heterocycles. The predicted molar refractivity (Wildman–Crippen MR) is 139 cm³/mol. The minimum absolute atomic E-state index is 0.00273. The van der Waals surface area contributed by atoms with E-state index in [1.165, 1.54) is 22.9 Å². The molecule has 0 aliphatic carbocycles. The molecular weight excluding hydrogens is 490 g/mol. The van der Waals surface area contributed by atoms with Crippen LogP contribution in [0.15, 0.2) is 89.9 Å². The van der Waals surface area contributed by atoms with E-state index >= 15 is 0 Å². The lowest BCUT2D eigenvalue weighted by Crippen LogP contribution is -2.27. The van der Waals surface area contributed by atoms with E-state index in [0.29, 0.717) is 23.4 Å². The summed E-state index contributed by atoms with van der Waals surface area (Å²) in [4.78, 5) is 38.1. The van der Waals surface area contributed by atoms with Crippen LogP contribution in [-0.4, -0.2) is 22.9 Å². The Morgan fingerprint density at radius 3 is 2.55 bits per heavy atom. The molecule has 0 saturated heterocycles. The number of rotatable bonds is 9. The monoisotopic (exact) mass is 514 g/mol. The smallest absolute Gasteiger partial charge is 0.261 e. The van der Waals surface area contributed by atoms with Gasteiger partial charge in [-0.05, 0) is 47.0 Å². The number of amides is 1. The van der Waals surface area contributed by atoms with Crippen LogP contribution in [0.3, 0.4) is 0 Å². The number of Topliss-reactive ketones (excluding diaryl/α,β-unsaturated/α-hetero) is 1. The molecule has 0 radical (unpaired) electrons. The Kier molecular flexibility index (Phi) is 7.13. The van der Waals surface area contributed by atoms with Gasteiger partial charge >= 0.3 is 0 Å². The van der Waals surface area contributed by atoms with Crippen LogP contribution in [0.1, 0.15) is 39.4 Å². The molecule has 192 valence electrons. The molecule has 0 fully saturated rings. The molecule has 1 aliphatic rings. The minimum atomic E-state index is -1.00. The second kappa shape index (κ2) is 10.8. The first-order valence-corrected chi connectivity index (χ1v) is 12.1. The molecule has 0 saturated carbocycles. The van der Waals surface area contributed by atoms with E-state index in [9.17, 15) is 23.2 Å². The average Bonchev–Trinajstić information content (AvgIpc) is 3.29. The van der Waals surface area contributed by atoms with Crippen molar-refractivity contribution < 1.29 is 23.1 Å². The largest absolute Gasteiger partial charge is 0.493 e. The molecule has 1 N–H and O–H groups in total. The minimum Gasteiger partial charge on any atom is -0.493 e. The summed E-state index contributed by atoms with van der Waals surface area (Å²) in [5.74, 6) is -2.17. The summed E-state index contributed by atoms with van der Waals surface area (Å²) in [7, 11) is 0. The number of benzene rings is 3. The maximum atomic E-state index is 13.6. The van der Waals surface area contributed by atoms with Crippen molar-refractivity contribution in [3.63, 3.8) is 0 Å². The van der Waals surface area contributed by atoms with Gasteiger partial charge < -0.3 is 14.6 Å². The van der Waals surface area contributed by atoms with E-state index in [1.807, 2.05) is 36.4 Å². The highest BCUT2D eigenvalue weighted by Gasteiger charge is 2.22. The fourth-order valence-electron chi connectivity index (χ4n) is 4.52. The van der Waals surface area contributed by atoms with Gasteiger partial charge in [-0.2, -0.15) is 0 Å². The van der Waals surface area contributed by atoms with Crippen LogP contribution in [0.25, 0.3) is 0 Å². The third kappa shape index (κ3) is 5.54. The summed E-state index contributed by atoms with van der Waals surface area (Å²) in [5, 5.41) is 2.80. The highest BCUT2D eigenvalue weighted by atomic mass is 19.2. The lowest BCUT2D eigenvalue weighted by Gasteiger charge is -2.18. The van der Waals surface area contributed by atoms with Crippen LogP contribution in [0, 0.1) is 11.6 Å². The van der Waals surface area contributed by atoms with E-state index in [2.05, 4.69) is 5.32 Å². The van der Waals surface area contributed by atoms with Crippen molar-refractivity contribution >= 4 is 17.4 Å². The molecule has 6 nitrogen and oxygen atoms in total. The molecule has 0 spiro atoms. The molecule has 4 aromatic rings.